The van der Waals surface area contributed by atoms with E-state index < -0.39 is 5.97 Å². The van der Waals surface area contributed by atoms with E-state index in [0.717, 1.165) is 10.9 Å². The van der Waals surface area contributed by atoms with Gasteiger partial charge in [0, 0.05) is 0 Å². The molecule has 0 aromatic carbocycles. The van der Waals surface area contributed by atoms with E-state index >= 15 is 0 Å². The van der Waals surface area contributed by atoms with Crippen molar-refractivity contribution in [3.05, 3.63) is 28.4 Å². The number of carbonyl (C=O) groups is 1. The second-order valence-corrected chi connectivity index (χ2v) is 4.37. The molecule has 7 heteroatoms. The van der Waals surface area contributed by atoms with Crippen molar-refractivity contribution in [1.29, 1.82) is 0 Å². The summed E-state index contributed by atoms with van der Waals surface area (Å²) < 4.78 is 1.66. The Bertz CT molecular complexity index is 520. The highest BCUT2D eigenvalue weighted by molar-refractivity contribution is 7.18. The molecule has 5 nitrogen and oxygen atoms in total. The summed E-state index contributed by atoms with van der Waals surface area (Å²) in [7, 11) is 0. The smallest absolute Gasteiger partial charge is 0.358 e. The summed E-state index contributed by atoms with van der Waals surface area (Å²) in [5, 5.41) is 22.4. The van der Waals surface area contributed by atoms with Crippen LogP contribution in [-0.4, -0.2) is 26.0 Å². The van der Waals surface area contributed by atoms with Crippen LogP contribution in [0.2, 0.25) is 4.34 Å². The van der Waals surface area contributed by atoms with E-state index in [9.17, 15) is 9.90 Å². The molecule has 0 atom stereocenters. The summed E-state index contributed by atoms with van der Waals surface area (Å²) in [5.74, 6) is -1.61. The van der Waals surface area contributed by atoms with Crippen molar-refractivity contribution in [1.82, 2.24) is 9.78 Å². The Morgan fingerprint density at radius 3 is 2.80 bits per heavy atom. The molecule has 0 spiro atoms. The predicted octanol–water partition coefficient (Wildman–Crippen LogP) is 1.99. The summed E-state index contributed by atoms with van der Waals surface area (Å²) in [6, 6.07) is 3.26. The van der Waals surface area contributed by atoms with E-state index in [1.165, 1.54) is 11.3 Å². The first-order valence-electron chi connectivity index (χ1n) is 3.85. The monoisotopic (exact) mass is 244 g/mol. The summed E-state index contributed by atoms with van der Waals surface area (Å²) in [6.07, 6.45) is 1.08. The topological polar surface area (TPSA) is 75.3 Å². The van der Waals surface area contributed by atoms with Crippen molar-refractivity contribution in [2.75, 3.05) is 0 Å². The molecule has 0 aliphatic rings. The number of halogens is 1. The Morgan fingerprint density at radius 1 is 1.53 bits per heavy atom. The van der Waals surface area contributed by atoms with Crippen molar-refractivity contribution in [2.45, 2.75) is 0 Å². The van der Waals surface area contributed by atoms with Gasteiger partial charge in [0.15, 0.2) is 11.4 Å². The van der Waals surface area contributed by atoms with Gasteiger partial charge in [-0.3, -0.25) is 0 Å². The molecular weight excluding hydrogens is 240 g/mol. The molecule has 0 amide bonds. The van der Waals surface area contributed by atoms with Crippen LogP contribution in [0.15, 0.2) is 18.3 Å². The van der Waals surface area contributed by atoms with Gasteiger partial charge in [-0.05, 0) is 12.1 Å². The molecule has 0 radical (unpaired) electrons. The number of nitrogens with zero attached hydrogens (tertiary/aromatic N) is 2. The number of rotatable bonds is 2. The highest BCUT2D eigenvalue weighted by Gasteiger charge is 2.19. The molecule has 0 fully saturated rings. The average molecular weight is 245 g/mol. The number of carboxylic acid groups (broad SMARTS) is 1. The first-order valence-corrected chi connectivity index (χ1v) is 5.05. The van der Waals surface area contributed by atoms with E-state index in [-0.39, 0.29) is 11.4 Å². The summed E-state index contributed by atoms with van der Waals surface area (Å²) in [5.41, 5.74) is -0.270. The Kier molecular flexibility index (Phi) is 2.37. The van der Waals surface area contributed by atoms with Crippen LogP contribution in [0, 0.1) is 0 Å². The third kappa shape index (κ3) is 1.69. The molecule has 2 rings (SSSR count). The van der Waals surface area contributed by atoms with Gasteiger partial charge >= 0.3 is 5.97 Å². The molecule has 78 valence electrons. The first-order chi connectivity index (χ1) is 7.09. The molecule has 2 aromatic heterocycles. The maximum atomic E-state index is 10.8. The number of hydrogen-bond acceptors (Lipinski definition) is 4. The van der Waals surface area contributed by atoms with Gasteiger partial charge in [-0.25, -0.2) is 9.48 Å². The van der Waals surface area contributed by atoms with Crippen LogP contribution in [0.3, 0.4) is 0 Å². The average Bonchev–Trinajstić information content (AvgIpc) is 2.71. The Morgan fingerprint density at radius 2 is 2.27 bits per heavy atom. The van der Waals surface area contributed by atoms with Gasteiger partial charge in [-0.1, -0.05) is 11.6 Å². The lowest BCUT2D eigenvalue weighted by Gasteiger charge is -1.99. The number of thiophene rings is 1. The van der Waals surface area contributed by atoms with Gasteiger partial charge in [0.2, 0.25) is 0 Å². The van der Waals surface area contributed by atoms with Crippen LogP contribution in [0.4, 0.5) is 0 Å². The van der Waals surface area contributed by atoms with Crippen LogP contribution in [0.25, 0.3) is 5.00 Å². The Labute approximate surface area is 93.2 Å². The normalized spacial score (nSPS) is 10.5. The van der Waals surface area contributed by atoms with Gasteiger partial charge in [0.05, 0.1) is 10.5 Å². The van der Waals surface area contributed by atoms with Crippen molar-refractivity contribution in [3.63, 3.8) is 0 Å². The van der Waals surface area contributed by atoms with Crippen LogP contribution in [0.5, 0.6) is 5.75 Å². The number of aromatic nitrogens is 2. The zero-order valence-electron chi connectivity index (χ0n) is 7.22. The van der Waals surface area contributed by atoms with Crippen molar-refractivity contribution < 1.29 is 15.0 Å². The largest absolute Gasteiger partial charge is 0.504 e. The van der Waals surface area contributed by atoms with E-state index in [2.05, 4.69) is 5.10 Å². The minimum atomic E-state index is -1.24. The van der Waals surface area contributed by atoms with Crippen molar-refractivity contribution in [3.8, 4) is 10.8 Å². The number of aromatic hydroxyl groups is 1. The zero-order chi connectivity index (χ0) is 11.0. The molecule has 2 heterocycles. The maximum absolute atomic E-state index is 10.8. The number of aromatic carboxylic acids is 1. The van der Waals surface area contributed by atoms with Crippen LogP contribution in [0.1, 0.15) is 10.5 Å². The standard InChI is InChI=1S/C8H5ClN2O3S/c9-5-1-2-6(15-5)11-7(8(13)14)4(12)3-10-11/h1-3,12H,(H,13,14). The van der Waals surface area contributed by atoms with E-state index in [4.69, 9.17) is 16.7 Å². The maximum Gasteiger partial charge on any atom is 0.358 e. The second-order valence-electron chi connectivity index (χ2n) is 2.67. The fraction of sp³-hybridized carbons (Fsp3) is 0. The molecule has 0 aliphatic heterocycles. The molecule has 0 bridgehead atoms. The van der Waals surface area contributed by atoms with Crippen LogP contribution in [-0.2, 0) is 0 Å². The third-order valence-corrected chi connectivity index (χ3v) is 2.93. The lowest BCUT2D eigenvalue weighted by molar-refractivity contribution is 0.0684. The van der Waals surface area contributed by atoms with Crippen LogP contribution < -0.4 is 0 Å². The lowest BCUT2D eigenvalue weighted by Crippen LogP contribution is -2.06. The molecule has 15 heavy (non-hydrogen) atoms. The zero-order valence-corrected chi connectivity index (χ0v) is 8.79. The van der Waals surface area contributed by atoms with E-state index in [0.29, 0.717) is 9.34 Å². The second kappa shape index (κ2) is 3.56. The quantitative estimate of drug-likeness (QED) is 0.847. The fourth-order valence-electron chi connectivity index (χ4n) is 1.13. The number of carboxylic acids is 1. The van der Waals surface area contributed by atoms with Crippen molar-refractivity contribution in [2.24, 2.45) is 0 Å². The lowest BCUT2D eigenvalue weighted by atomic mass is 10.4. The molecule has 2 aromatic rings. The summed E-state index contributed by atoms with van der Waals surface area (Å²) in [6.45, 7) is 0. The van der Waals surface area contributed by atoms with Gasteiger partial charge in [0.25, 0.3) is 0 Å². The highest BCUT2D eigenvalue weighted by Crippen LogP contribution is 2.28. The molecule has 0 aliphatic carbocycles. The highest BCUT2D eigenvalue weighted by atomic mass is 35.5. The predicted molar refractivity (Wildman–Crippen MR) is 55.1 cm³/mol. The van der Waals surface area contributed by atoms with Gasteiger partial charge < -0.3 is 10.2 Å². The van der Waals surface area contributed by atoms with E-state index in [1.807, 2.05) is 0 Å². The van der Waals surface area contributed by atoms with Gasteiger partial charge in [-0.15, -0.1) is 11.3 Å². The van der Waals surface area contributed by atoms with Crippen molar-refractivity contribution >= 4 is 28.9 Å². The van der Waals surface area contributed by atoms with Gasteiger partial charge in [0.1, 0.15) is 5.00 Å². The minimum Gasteiger partial charge on any atom is -0.504 e. The van der Waals surface area contributed by atoms with Crippen LogP contribution >= 0.6 is 22.9 Å². The number of hydrogen-bond donors (Lipinski definition) is 2. The molecule has 0 unspecified atom stereocenters. The molecular formula is C8H5ClN2O3S. The summed E-state index contributed by atoms with van der Waals surface area (Å²) >= 11 is 6.89. The molecule has 2 N–H and O–H groups in total. The SMILES string of the molecule is O=C(O)c1c(O)cnn1-c1ccc(Cl)s1. The summed E-state index contributed by atoms with van der Waals surface area (Å²) in [4.78, 5) is 10.8. The third-order valence-electron chi connectivity index (χ3n) is 1.72. The van der Waals surface area contributed by atoms with E-state index in [1.54, 1.807) is 12.1 Å². The molecule has 0 saturated heterocycles. The first kappa shape index (κ1) is 10.0. The Balaban J connectivity index is 2.58. The van der Waals surface area contributed by atoms with Gasteiger partial charge in [-0.2, -0.15) is 5.10 Å². The fourth-order valence-corrected chi connectivity index (χ4v) is 2.12. The Hall–Kier alpha value is -1.53. The minimum absolute atomic E-state index is 0.270. The molecule has 0 saturated carbocycles.